The van der Waals surface area contributed by atoms with Crippen LogP contribution in [-0.2, 0) is 6.42 Å². The van der Waals surface area contributed by atoms with Crippen molar-refractivity contribution in [1.29, 1.82) is 0 Å². The van der Waals surface area contributed by atoms with Gasteiger partial charge in [0.25, 0.3) is 0 Å². The van der Waals surface area contributed by atoms with Gasteiger partial charge in [0.05, 0.1) is 5.02 Å². The molecule has 0 aliphatic carbocycles. The first-order valence-corrected chi connectivity index (χ1v) is 4.30. The Morgan fingerprint density at radius 1 is 1.38 bits per heavy atom. The van der Waals surface area contributed by atoms with E-state index < -0.39 is 5.82 Å². The van der Waals surface area contributed by atoms with Gasteiger partial charge in [-0.2, -0.15) is 0 Å². The molecule has 1 rings (SSSR count). The number of phenols is 1. The maximum atomic E-state index is 13.1. The van der Waals surface area contributed by atoms with E-state index in [4.69, 9.17) is 21.8 Å². The highest BCUT2D eigenvalue weighted by Crippen LogP contribution is 2.26. The molecule has 4 heteroatoms. The first-order valence-electron chi connectivity index (χ1n) is 3.93. The summed E-state index contributed by atoms with van der Waals surface area (Å²) >= 11 is 5.59. The summed E-state index contributed by atoms with van der Waals surface area (Å²) in [5, 5.41) is 17.7. The van der Waals surface area contributed by atoms with E-state index in [1.807, 2.05) is 0 Å². The molecule has 0 unspecified atom stereocenters. The highest BCUT2D eigenvalue weighted by Gasteiger charge is 2.06. The topological polar surface area (TPSA) is 40.5 Å². The molecule has 0 aliphatic rings. The smallest absolute Gasteiger partial charge is 0.137 e. The molecule has 0 spiro atoms. The van der Waals surface area contributed by atoms with E-state index in [2.05, 4.69) is 0 Å². The van der Waals surface area contributed by atoms with Crippen molar-refractivity contribution in [3.8, 4) is 5.75 Å². The second-order valence-electron chi connectivity index (χ2n) is 2.72. The quantitative estimate of drug-likeness (QED) is 0.792. The molecular formula is C9H10ClFO2. The van der Waals surface area contributed by atoms with Crippen LogP contribution < -0.4 is 0 Å². The molecule has 13 heavy (non-hydrogen) atoms. The van der Waals surface area contributed by atoms with Gasteiger partial charge in [-0.05, 0) is 24.5 Å². The van der Waals surface area contributed by atoms with Gasteiger partial charge in [0.2, 0.25) is 0 Å². The molecule has 0 atom stereocenters. The van der Waals surface area contributed by atoms with Crippen molar-refractivity contribution in [2.75, 3.05) is 6.61 Å². The van der Waals surface area contributed by atoms with Gasteiger partial charge in [-0.3, -0.25) is 0 Å². The van der Waals surface area contributed by atoms with Crippen LogP contribution in [0.25, 0.3) is 0 Å². The lowest BCUT2D eigenvalue weighted by molar-refractivity contribution is 0.288. The molecule has 0 saturated carbocycles. The SMILES string of the molecule is OCCCc1cc(Cl)c(O)cc1F. The van der Waals surface area contributed by atoms with Crippen LogP contribution in [0.15, 0.2) is 12.1 Å². The molecular weight excluding hydrogens is 195 g/mol. The van der Waals surface area contributed by atoms with Crippen molar-refractivity contribution < 1.29 is 14.6 Å². The van der Waals surface area contributed by atoms with Gasteiger partial charge < -0.3 is 10.2 Å². The third-order valence-electron chi connectivity index (χ3n) is 1.72. The lowest BCUT2D eigenvalue weighted by Gasteiger charge is -2.03. The van der Waals surface area contributed by atoms with Crippen molar-refractivity contribution in [2.45, 2.75) is 12.8 Å². The molecule has 2 nitrogen and oxygen atoms in total. The normalized spacial score (nSPS) is 10.4. The summed E-state index contributed by atoms with van der Waals surface area (Å²) < 4.78 is 13.1. The molecule has 0 fully saturated rings. The van der Waals surface area contributed by atoms with Gasteiger partial charge in [0.1, 0.15) is 11.6 Å². The first kappa shape index (κ1) is 10.3. The van der Waals surface area contributed by atoms with Crippen LogP contribution in [0.3, 0.4) is 0 Å². The van der Waals surface area contributed by atoms with Crippen LogP contribution in [0, 0.1) is 5.82 Å². The third-order valence-corrected chi connectivity index (χ3v) is 2.02. The Hall–Kier alpha value is -0.800. The number of hydrogen-bond donors (Lipinski definition) is 2. The Morgan fingerprint density at radius 3 is 2.69 bits per heavy atom. The summed E-state index contributed by atoms with van der Waals surface area (Å²) in [6.45, 7) is 0.0118. The second kappa shape index (κ2) is 4.44. The van der Waals surface area contributed by atoms with Gasteiger partial charge in [0.15, 0.2) is 0 Å². The fourth-order valence-corrected chi connectivity index (χ4v) is 1.22. The number of aliphatic hydroxyl groups is 1. The minimum Gasteiger partial charge on any atom is -0.506 e. The number of aryl methyl sites for hydroxylation is 1. The van der Waals surface area contributed by atoms with Crippen LogP contribution in [-0.4, -0.2) is 16.8 Å². The first-order chi connectivity index (χ1) is 6.15. The van der Waals surface area contributed by atoms with E-state index in [0.717, 1.165) is 6.07 Å². The molecule has 0 saturated heterocycles. The van der Waals surface area contributed by atoms with Crippen molar-refractivity contribution in [3.05, 3.63) is 28.5 Å². The van der Waals surface area contributed by atoms with Crippen LogP contribution in [0.4, 0.5) is 4.39 Å². The summed E-state index contributed by atoms with van der Waals surface area (Å²) in [5.74, 6) is -0.748. The molecule has 0 bridgehead atoms. The zero-order valence-electron chi connectivity index (χ0n) is 6.93. The summed E-state index contributed by atoms with van der Waals surface area (Å²) in [7, 11) is 0. The Kier molecular flexibility index (Phi) is 3.51. The van der Waals surface area contributed by atoms with E-state index >= 15 is 0 Å². The van der Waals surface area contributed by atoms with E-state index in [-0.39, 0.29) is 17.4 Å². The standard InChI is InChI=1S/C9H10ClFO2/c10-7-4-6(2-1-3-12)8(11)5-9(7)13/h4-5,12-13H,1-3H2. The average Bonchev–Trinajstić information content (AvgIpc) is 2.09. The number of aromatic hydroxyl groups is 1. The predicted octanol–water partition coefficient (Wildman–Crippen LogP) is 2.11. The van der Waals surface area contributed by atoms with E-state index in [1.54, 1.807) is 0 Å². The van der Waals surface area contributed by atoms with Gasteiger partial charge >= 0.3 is 0 Å². The summed E-state index contributed by atoms with van der Waals surface area (Å²) in [5.41, 5.74) is 0.414. The largest absolute Gasteiger partial charge is 0.506 e. The minimum absolute atomic E-state index is 0.0118. The van der Waals surface area contributed by atoms with E-state index in [0.29, 0.717) is 18.4 Å². The summed E-state index contributed by atoms with van der Waals surface area (Å²) in [4.78, 5) is 0. The van der Waals surface area contributed by atoms with Gasteiger partial charge in [-0.25, -0.2) is 4.39 Å². The molecule has 0 aromatic heterocycles. The molecule has 0 heterocycles. The van der Waals surface area contributed by atoms with Crippen LogP contribution in [0.5, 0.6) is 5.75 Å². The monoisotopic (exact) mass is 204 g/mol. The average molecular weight is 205 g/mol. The van der Waals surface area contributed by atoms with Crippen LogP contribution in [0.2, 0.25) is 5.02 Å². The fourth-order valence-electron chi connectivity index (χ4n) is 1.04. The molecule has 1 aromatic carbocycles. The Labute approximate surface area is 80.6 Å². The maximum absolute atomic E-state index is 13.1. The Balaban J connectivity index is 2.88. The molecule has 2 N–H and O–H groups in total. The molecule has 1 aromatic rings. The van der Waals surface area contributed by atoms with Gasteiger partial charge in [-0.15, -0.1) is 0 Å². The maximum Gasteiger partial charge on any atom is 0.137 e. The number of halogens is 2. The van der Waals surface area contributed by atoms with Gasteiger partial charge in [0, 0.05) is 12.7 Å². The predicted molar refractivity (Wildman–Crippen MR) is 48.5 cm³/mol. The summed E-state index contributed by atoms with van der Waals surface area (Å²) in [6, 6.07) is 2.36. The van der Waals surface area contributed by atoms with E-state index in [9.17, 15) is 4.39 Å². The molecule has 0 radical (unpaired) electrons. The minimum atomic E-state index is -0.490. The highest BCUT2D eigenvalue weighted by molar-refractivity contribution is 6.32. The number of aliphatic hydroxyl groups excluding tert-OH is 1. The number of rotatable bonds is 3. The number of benzene rings is 1. The Morgan fingerprint density at radius 2 is 2.08 bits per heavy atom. The number of phenolic OH excluding ortho intramolecular Hbond substituents is 1. The van der Waals surface area contributed by atoms with E-state index in [1.165, 1.54) is 6.07 Å². The third kappa shape index (κ3) is 2.57. The van der Waals surface area contributed by atoms with Crippen molar-refractivity contribution in [2.24, 2.45) is 0 Å². The van der Waals surface area contributed by atoms with Crippen molar-refractivity contribution in [3.63, 3.8) is 0 Å². The second-order valence-corrected chi connectivity index (χ2v) is 3.13. The van der Waals surface area contributed by atoms with Crippen molar-refractivity contribution in [1.82, 2.24) is 0 Å². The molecule has 72 valence electrons. The van der Waals surface area contributed by atoms with Crippen molar-refractivity contribution >= 4 is 11.6 Å². The zero-order valence-corrected chi connectivity index (χ0v) is 7.68. The zero-order chi connectivity index (χ0) is 9.84. The Bertz CT molecular complexity index is 302. The molecule has 0 aliphatic heterocycles. The van der Waals surface area contributed by atoms with Crippen LogP contribution in [0.1, 0.15) is 12.0 Å². The summed E-state index contributed by atoms with van der Waals surface area (Å²) in [6.07, 6.45) is 0.903. The lowest BCUT2D eigenvalue weighted by Crippen LogP contribution is -1.93. The number of hydrogen-bond acceptors (Lipinski definition) is 2. The van der Waals surface area contributed by atoms with Gasteiger partial charge in [-0.1, -0.05) is 11.6 Å². The highest BCUT2D eigenvalue weighted by atomic mass is 35.5. The molecule has 0 amide bonds. The van der Waals surface area contributed by atoms with Crippen LogP contribution >= 0.6 is 11.6 Å². The fraction of sp³-hybridized carbons (Fsp3) is 0.333. The lowest BCUT2D eigenvalue weighted by atomic mass is 10.1.